The minimum Gasteiger partial charge on any atom is -0.469 e. The fraction of sp³-hybridized carbons (Fsp3) is 0.200. The number of hydrogen-bond donors (Lipinski definition) is 1. The predicted molar refractivity (Wildman–Crippen MR) is 82.8 cm³/mol. The molecule has 1 amide bonds. The molecule has 20 heavy (non-hydrogen) atoms. The molecule has 2 rings (SSSR count). The van der Waals surface area contributed by atoms with Gasteiger partial charge in [-0.05, 0) is 24.3 Å². The van der Waals surface area contributed by atoms with Gasteiger partial charge in [0.25, 0.3) is 0 Å². The molecular formula is C15H16N2O2S. The van der Waals surface area contributed by atoms with Crippen molar-refractivity contribution in [3.63, 3.8) is 0 Å². The maximum atomic E-state index is 12.1. The van der Waals surface area contributed by atoms with Crippen LogP contribution in [0.5, 0.6) is 0 Å². The molecule has 0 aliphatic heterocycles. The van der Waals surface area contributed by atoms with Crippen LogP contribution in [0, 0.1) is 0 Å². The Morgan fingerprint density at radius 2 is 2.15 bits per heavy atom. The van der Waals surface area contributed by atoms with E-state index in [4.69, 9.17) is 22.4 Å². The molecule has 0 bridgehead atoms. The number of furan rings is 1. The number of nitrogens with two attached hydrogens (primary N) is 1. The van der Waals surface area contributed by atoms with E-state index in [0.29, 0.717) is 17.8 Å². The number of hydrogen-bond acceptors (Lipinski definition) is 3. The number of rotatable bonds is 5. The molecule has 5 heteroatoms. The van der Waals surface area contributed by atoms with Gasteiger partial charge in [-0.15, -0.1) is 0 Å². The molecule has 104 valence electrons. The Balaban J connectivity index is 2.02. The molecule has 0 atom stereocenters. The second-order valence-electron chi connectivity index (χ2n) is 4.45. The van der Waals surface area contributed by atoms with Gasteiger partial charge in [0.1, 0.15) is 10.7 Å². The third-order valence-electron chi connectivity index (χ3n) is 3.06. The summed E-state index contributed by atoms with van der Waals surface area (Å²) >= 11 is 4.94. The maximum absolute atomic E-state index is 12.1. The fourth-order valence-corrected chi connectivity index (χ4v) is 1.99. The summed E-state index contributed by atoms with van der Waals surface area (Å²) in [5.41, 5.74) is 7.13. The molecule has 0 saturated heterocycles. The van der Waals surface area contributed by atoms with Crippen LogP contribution in [0.25, 0.3) is 0 Å². The van der Waals surface area contributed by atoms with Crippen LogP contribution in [0.1, 0.15) is 17.7 Å². The van der Waals surface area contributed by atoms with Crippen LogP contribution in [0.15, 0.2) is 47.1 Å². The molecule has 1 aromatic heterocycles. The lowest BCUT2D eigenvalue weighted by atomic mass is 10.1. The monoisotopic (exact) mass is 288 g/mol. The Labute approximate surface area is 123 Å². The van der Waals surface area contributed by atoms with E-state index < -0.39 is 0 Å². The molecule has 0 radical (unpaired) electrons. The number of amides is 1. The highest BCUT2D eigenvalue weighted by Gasteiger charge is 2.12. The van der Waals surface area contributed by atoms with E-state index in [1.807, 2.05) is 36.4 Å². The largest absolute Gasteiger partial charge is 0.469 e. The van der Waals surface area contributed by atoms with Gasteiger partial charge >= 0.3 is 0 Å². The molecule has 2 aromatic rings. The lowest BCUT2D eigenvalue weighted by molar-refractivity contribution is -0.118. The molecular weight excluding hydrogens is 272 g/mol. The minimum atomic E-state index is 0.0153. The molecule has 2 N–H and O–H groups in total. The van der Waals surface area contributed by atoms with Gasteiger partial charge in [-0.3, -0.25) is 4.79 Å². The lowest BCUT2D eigenvalue weighted by Gasteiger charge is -2.17. The van der Waals surface area contributed by atoms with Gasteiger partial charge < -0.3 is 15.1 Å². The van der Waals surface area contributed by atoms with Gasteiger partial charge in [-0.2, -0.15) is 0 Å². The lowest BCUT2D eigenvalue weighted by Crippen LogP contribution is -2.26. The summed E-state index contributed by atoms with van der Waals surface area (Å²) in [7, 11) is 1.74. The molecule has 0 fully saturated rings. The van der Waals surface area contributed by atoms with Crippen LogP contribution < -0.4 is 10.6 Å². The van der Waals surface area contributed by atoms with Crippen LogP contribution in [0.4, 0.5) is 5.69 Å². The molecule has 0 saturated carbocycles. The van der Waals surface area contributed by atoms with E-state index in [1.165, 1.54) is 0 Å². The van der Waals surface area contributed by atoms with E-state index >= 15 is 0 Å². The quantitative estimate of drug-likeness (QED) is 0.859. The van der Waals surface area contributed by atoms with E-state index in [0.717, 1.165) is 17.0 Å². The predicted octanol–water partition coefficient (Wildman–Crippen LogP) is 2.51. The summed E-state index contributed by atoms with van der Waals surface area (Å²) in [5, 5.41) is 0. The van der Waals surface area contributed by atoms with Crippen molar-refractivity contribution in [1.29, 1.82) is 0 Å². The molecule has 4 nitrogen and oxygen atoms in total. The van der Waals surface area contributed by atoms with Crippen molar-refractivity contribution in [2.24, 2.45) is 5.73 Å². The molecule has 1 aromatic carbocycles. The van der Waals surface area contributed by atoms with E-state index in [2.05, 4.69) is 0 Å². The van der Waals surface area contributed by atoms with Crippen molar-refractivity contribution in [3.8, 4) is 0 Å². The van der Waals surface area contributed by atoms with Gasteiger partial charge in [0.05, 0.1) is 6.26 Å². The summed E-state index contributed by atoms with van der Waals surface area (Å²) in [5.74, 6) is 0.824. The summed E-state index contributed by atoms with van der Waals surface area (Å²) in [6, 6.07) is 11.0. The van der Waals surface area contributed by atoms with Gasteiger partial charge in [0.15, 0.2) is 0 Å². The van der Waals surface area contributed by atoms with E-state index in [1.54, 1.807) is 18.2 Å². The first-order valence-electron chi connectivity index (χ1n) is 6.26. The Morgan fingerprint density at radius 1 is 1.35 bits per heavy atom. The smallest absolute Gasteiger partial charge is 0.227 e. The van der Waals surface area contributed by atoms with Gasteiger partial charge in [0.2, 0.25) is 5.91 Å². The number of nitrogens with zero attached hydrogens (tertiary/aromatic N) is 1. The molecule has 0 aliphatic rings. The van der Waals surface area contributed by atoms with Crippen LogP contribution in [-0.2, 0) is 11.2 Å². The Morgan fingerprint density at radius 3 is 2.80 bits per heavy atom. The highest BCUT2D eigenvalue weighted by atomic mass is 32.1. The average Bonchev–Trinajstić information content (AvgIpc) is 2.97. The van der Waals surface area contributed by atoms with Crippen LogP contribution in [0.3, 0.4) is 0 Å². The third kappa shape index (κ3) is 3.45. The van der Waals surface area contributed by atoms with Crippen LogP contribution >= 0.6 is 12.2 Å². The number of aryl methyl sites for hydroxylation is 1. The van der Waals surface area contributed by atoms with Crippen LogP contribution in [0.2, 0.25) is 0 Å². The standard InChI is InChI=1S/C15H16N2O2S/c1-17(12-5-2-4-11(10-12)15(16)20)14(18)8-7-13-6-3-9-19-13/h2-6,9-10H,7-8H2,1H3,(H2,16,20). The van der Waals surface area contributed by atoms with E-state index in [-0.39, 0.29) is 5.91 Å². The first kappa shape index (κ1) is 14.3. The van der Waals surface area contributed by atoms with Crippen molar-refractivity contribution in [2.75, 3.05) is 11.9 Å². The Kier molecular flexibility index (Phi) is 4.53. The fourth-order valence-electron chi connectivity index (χ4n) is 1.86. The number of anilines is 1. The molecule has 1 heterocycles. The zero-order chi connectivity index (χ0) is 14.5. The number of benzene rings is 1. The molecule has 0 spiro atoms. The zero-order valence-electron chi connectivity index (χ0n) is 11.2. The summed E-state index contributed by atoms with van der Waals surface area (Å²) in [6.45, 7) is 0. The summed E-state index contributed by atoms with van der Waals surface area (Å²) in [4.78, 5) is 14.1. The number of thiocarbonyl (C=S) groups is 1. The van der Waals surface area contributed by atoms with Crippen molar-refractivity contribution in [2.45, 2.75) is 12.8 Å². The second kappa shape index (κ2) is 6.34. The normalized spacial score (nSPS) is 10.2. The number of carbonyl (C=O) groups is 1. The van der Waals surface area contributed by atoms with Crippen molar-refractivity contribution < 1.29 is 9.21 Å². The number of carbonyl (C=O) groups excluding carboxylic acids is 1. The van der Waals surface area contributed by atoms with Crippen molar-refractivity contribution >= 4 is 28.8 Å². The summed E-state index contributed by atoms with van der Waals surface area (Å²) in [6.07, 6.45) is 2.58. The van der Waals surface area contributed by atoms with Crippen molar-refractivity contribution in [1.82, 2.24) is 0 Å². The average molecular weight is 288 g/mol. The molecule has 0 aliphatic carbocycles. The third-order valence-corrected chi connectivity index (χ3v) is 3.29. The summed E-state index contributed by atoms with van der Waals surface area (Å²) < 4.78 is 5.22. The second-order valence-corrected chi connectivity index (χ2v) is 4.89. The highest BCUT2D eigenvalue weighted by Crippen LogP contribution is 2.16. The van der Waals surface area contributed by atoms with Gasteiger partial charge in [-0.25, -0.2) is 0 Å². The first-order valence-corrected chi connectivity index (χ1v) is 6.67. The van der Waals surface area contributed by atoms with E-state index in [9.17, 15) is 4.79 Å². The topological polar surface area (TPSA) is 59.5 Å². The SMILES string of the molecule is CN(C(=O)CCc1ccco1)c1cccc(C(N)=S)c1. The Hall–Kier alpha value is -2.14. The maximum Gasteiger partial charge on any atom is 0.227 e. The molecule has 0 unspecified atom stereocenters. The highest BCUT2D eigenvalue weighted by molar-refractivity contribution is 7.80. The zero-order valence-corrected chi connectivity index (χ0v) is 12.0. The van der Waals surface area contributed by atoms with Crippen LogP contribution in [-0.4, -0.2) is 17.9 Å². The van der Waals surface area contributed by atoms with Gasteiger partial charge in [-0.1, -0.05) is 24.4 Å². The van der Waals surface area contributed by atoms with Crippen molar-refractivity contribution in [3.05, 3.63) is 54.0 Å². The van der Waals surface area contributed by atoms with Gasteiger partial charge in [0, 0.05) is 31.1 Å². The first-order chi connectivity index (χ1) is 9.58. The Bertz CT molecular complexity index is 608. The minimum absolute atomic E-state index is 0.0153.